The van der Waals surface area contributed by atoms with E-state index >= 15 is 0 Å². The number of unbranched alkanes of at least 4 members (excludes halogenated alkanes) is 4. The number of alkyl halides is 4. The topological polar surface area (TPSA) is 344 Å². The van der Waals surface area contributed by atoms with Crippen LogP contribution in [0.2, 0.25) is 0 Å². The van der Waals surface area contributed by atoms with Gasteiger partial charge in [0, 0.05) is 76.0 Å². The van der Waals surface area contributed by atoms with Gasteiger partial charge in [-0.2, -0.15) is 22.5 Å². The number of methoxy groups -OCH3 is 2. The summed E-state index contributed by atoms with van der Waals surface area (Å²) in [5.74, 6) is -12.0. The summed E-state index contributed by atoms with van der Waals surface area (Å²) in [6.45, 7) is 8.18. The second kappa shape index (κ2) is 35.6. The van der Waals surface area contributed by atoms with Gasteiger partial charge in [-0.1, -0.05) is 60.0 Å². The summed E-state index contributed by atoms with van der Waals surface area (Å²) in [5, 5.41) is 20.1. The average molecular weight is 1220 g/mol. The fraction of sp³-hybridized carbons (Fsp3) is 0.691. The first-order valence-electron chi connectivity index (χ1n) is 27.4. The molecule has 8 atom stereocenters. The third-order valence-corrected chi connectivity index (χ3v) is 14.3. The average Bonchev–Trinajstić information content (AvgIpc) is 2.20. The predicted octanol–water partition coefficient (Wildman–Crippen LogP) is 3.85. The van der Waals surface area contributed by atoms with E-state index in [-0.39, 0.29) is 95.8 Å². The Morgan fingerprint density at radius 2 is 1.20 bits per heavy atom. The number of rotatable bonds is 38. The van der Waals surface area contributed by atoms with Crippen LogP contribution in [0.4, 0.5) is 23.4 Å². The van der Waals surface area contributed by atoms with Crippen LogP contribution in [0.15, 0.2) is 46.7 Å². The molecule has 0 bridgehead atoms. The number of carbonyl (C=O) groups is 8. The van der Waals surface area contributed by atoms with Crippen LogP contribution in [0.5, 0.6) is 0 Å². The van der Waals surface area contributed by atoms with Gasteiger partial charge in [-0.3, -0.25) is 38.1 Å². The summed E-state index contributed by atoms with van der Waals surface area (Å²) in [6, 6.07) is 1.11. The van der Waals surface area contributed by atoms with E-state index in [1.807, 2.05) is 0 Å². The predicted molar refractivity (Wildman–Crippen MR) is 295 cm³/mol. The maximum Gasteiger partial charge on any atom is 0.351 e. The van der Waals surface area contributed by atoms with Gasteiger partial charge in [-0.05, 0) is 37.8 Å². The number of Topliss-reactive ketones (excluding diaryl/α,β-unsaturated/α-hetero) is 6. The Bertz CT molecular complexity index is 2530. The van der Waals surface area contributed by atoms with Crippen molar-refractivity contribution in [1.82, 2.24) is 14.5 Å². The van der Waals surface area contributed by atoms with Crippen molar-refractivity contribution in [1.29, 1.82) is 0 Å². The van der Waals surface area contributed by atoms with Crippen molar-refractivity contribution in [3.63, 3.8) is 0 Å². The number of aromatic nitrogens is 2. The van der Waals surface area contributed by atoms with E-state index in [0.717, 1.165) is 35.3 Å². The van der Waals surface area contributed by atoms with Gasteiger partial charge in [0.1, 0.15) is 86.7 Å². The smallest absolute Gasteiger partial charge is 0.351 e. The Kier molecular flexibility index (Phi) is 30.7. The number of hydrogen-bond acceptors (Lipinski definition) is 24. The van der Waals surface area contributed by atoms with E-state index in [9.17, 15) is 70.9 Å². The van der Waals surface area contributed by atoms with E-state index in [0.29, 0.717) is 62.4 Å². The zero-order chi connectivity index (χ0) is 62.9. The number of aliphatic imine (C=N–C) groups is 1. The van der Waals surface area contributed by atoms with E-state index in [2.05, 4.69) is 16.6 Å². The number of anilines is 1. The molecule has 4 rings (SSSR count). The number of carbonyl (C=O) groups excluding carboxylic acids is 8. The van der Waals surface area contributed by atoms with Crippen molar-refractivity contribution in [3.8, 4) is 0 Å². The zero-order valence-corrected chi connectivity index (χ0v) is 49.0. The fourth-order valence-corrected chi connectivity index (χ4v) is 9.69. The normalized spacial score (nSPS) is 21.3. The zero-order valence-electron chi connectivity index (χ0n) is 48.2. The summed E-state index contributed by atoms with van der Waals surface area (Å²) >= 11 is 0.986. The molecule has 3 aliphatic rings. The number of aliphatic hydroxyl groups is 2. The number of halogens is 4. The third-order valence-electron chi connectivity index (χ3n) is 13.4. The van der Waals surface area contributed by atoms with Gasteiger partial charge in [0.15, 0.2) is 29.6 Å². The second-order valence-electron chi connectivity index (χ2n) is 21.0. The Labute approximate surface area is 488 Å². The molecule has 0 aliphatic carbocycles. The monoisotopic (exact) mass is 1220 g/mol. The summed E-state index contributed by atoms with van der Waals surface area (Å²) in [5.41, 5.74) is 9.78. The molecule has 3 aliphatic heterocycles. The number of nitrogen functional groups attached to an aromatic ring is 1. The highest BCUT2D eigenvalue weighted by Crippen LogP contribution is 2.43. The number of nitrogens with two attached hydrogens (primary N) is 2. The molecule has 0 aromatic carbocycles. The third kappa shape index (κ3) is 23.2. The lowest BCUT2D eigenvalue weighted by atomic mass is 9.86. The van der Waals surface area contributed by atoms with Crippen molar-refractivity contribution < 1.29 is 99.3 Å². The van der Waals surface area contributed by atoms with Crippen molar-refractivity contribution in [2.75, 3.05) is 71.1 Å². The maximum absolute atomic E-state index is 14.7. The molecular formula is C55H80F4N6O18S. The van der Waals surface area contributed by atoms with Gasteiger partial charge >= 0.3 is 29.5 Å². The maximum atomic E-state index is 14.7. The number of hydrogen-bond donors (Lipinski definition) is 4. The van der Waals surface area contributed by atoms with Crippen molar-refractivity contribution in [3.05, 3.63) is 47.4 Å². The SMILES string of the molecule is C=C1N=C(N)C=CN1[C@@H]1O[C@H](COC(=O)CSCC(=O)CC(CCCCCC(=O)COC)C(=O)C(C)C)[C@H](O)C1(F)F.COCC(=O)CCCCCC(CC(=O)COCC(=O)OC[C@H]1O[C@@H](n2ccc(N)nc2=O)C(F)(F)[C@H]1O)C(=O)C(C)C. The number of amidine groups is 1. The summed E-state index contributed by atoms with van der Waals surface area (Å²) in [6.07, 6.45) is -2.59. The lowest BCUT2D eigenvalue weighted by molar-refractivity contribution is -0.156. The largest absolute Gasteiger partial charge is 0.462 e. The molecule has 4 heterocycles. The minimum absolute atomic E-state index is 0.000188. The highest BCUT2D eigenvalue weighted by Gasteiger charge is 2.62. The molecule has 1 aromatic heterocycles. The molecule has 24 nitrogen and oxygen atoms in total. The Balaban J connectivity index is 0.000000440. The highest BCUT2D eigenvalue weighted by atomic mass is 32.2. The molecule has 29 heteroatoms. The number of ketones is 6. The summed E-state index contributed by atoms with van der Waals surface area (Å²) in [4.78, 5) is 118. The lowest BCUT2D eigenvalue weighted by Gasteiger charge is -2.31. The van der Waals surface area contributed by atoms with Gasteiger partial charge in [0.05, 0.1) is 11.5 Å². The molecule has 2 saturated heterocycles. The van der Waals surface area contributed by atoms with Crippen LogP contribution in [0, 0.1) is 23.7 Å². The van der Waals surface area contributed by atoms with E-state index in [1.54, 1.807) is 27.7 Å². The summed E-state index contributed by atoms with van der Waals surface area (Å²) < 4.78 is 94.0. The standard InChI is InChI=1S/C28H41F2N3O8S.C27H39F2N3O10/c1-17(2)25(37)19(8-6-5-7-9-20(34)13-39-4)12-21(35)15-42-16-24(36)40-14-22-26(38)28(29,30)27(41-22)33-11-10-23(31)32-18(33)3;1-16(2)23(36)17(7-5-4-6-8-18(33)12-39-3)11-19(34)13-40-15-22(35)41-14-20-24(37)27(28,29)25(42-20)32-10-9-21(30)31-26(32)38/h10-11,17,19,22,26-27,38H,3,5-9,12-16H2,1-2,4H3,(H2,31,32);9-10,16-17,20,24-25,37H,4-8,11-15H2,1-3H3,(H2,30,31,38)/t19?,22-,26+,27-;17?,20-,24+,25-/m11/s1. The molecule has 0 spiro atoms. The van der Waals surface area contributed by atoms with Crippen LogP contribution in [0.1, 0.15) is 111 Å². The minimum Gasteiger partial charge on any atom is -0.462 e. The number of esters is 2. The lowest BCUT2D eigenvalue weighted by Crippen LogP contribution is -2.47. The Morgan fingerprint density at radius 1 is 0.702 bits per heavy atom. The first-order valence-corrected chi connectivity index (χ1v) is 28.6. The quantitative estimate of drug-likeness (QED) is 0.0415. The molecule has 2 unspecified atom stereocenters. The van der Waals surface area contributed by atoms with Gasteiger partial charge in [-0.15, -0.1) is 11.8 Å². The first-order chi connectivity index (χ1) is 39.5. The van der Waals surface area contributed by atoms with Gasteiger partial charge in [0.2, 0.25) is 12.5 Å². The number of aliphatic hydroxyl groups excluding tert-OH is 2. The van der Waals surface area contributed by atoms with E-state index in [1.165, 1.54) is 26.5 Å². The van der Waals surface area contributed by atoms with Crippen molar-refractivity contribution in [2.45, 2.75) is 153 Å². The van der Waals surface area contributed by atoms with Crippen molar-refractivity contribution >= 4 is 70.1 Å². The minimum atomic E-state index is -3.91. The second-order valence-corrected chi connectivity index (χ2v) is 22.0. The first kappa shape index (κ1) is 72.4. The van der Waals surface area contributed by atoms with Gasteiger partial charge in [-0.25, -0.2) is 14.6 Å². The van der Waals surface area contributed by atoms with Gasteiger partial charge < -0.3 is 59.7 Å². The van der Waals surface area contributed by atoms with Crippen molar-refractivity contribution in [2.24, 2.45) is 34.4 Å². The molecule has 0 saturated carbocycles. The number of ether oxygens (including phenoxy) is 7. The molecule has 84 heavy (non-hydrogen) atoms. The van der Waals surface area contributed by atoms with Crippen LogP contribution in [0.3, 0.4) is 0 Å². The number of nitrogens with zero attached hydrogens (tertiary/aromatic N) is 4. The molecule has 0 amide bonds. The molecular weight excluding hydrogens is 1140 g/mol. The fourth-order valence-electron chi connectivity index (χ4n) is 8.99. The van der Waals surface area contributed by atoms with Crippen LogP contribution in [-0.2, 0) is 71.5 Å². The molecule has 0 radical (unpaired) electrons. The van der Waals surface area contributed by atoms with Crippen LogP contribution >= 0.6 is 11.8 Å². The number of thioether (sulfide) groups is 1. The highest BCUT2D eigenvalue weighted by molar-refractivity contribution is 8.00. The molecule has 472 valence electrons. The molecule has 1 aromatic rings. The summed E-state index contributed by atoms with van der Waals surface area (Å²) in [7, 11) is 2.92. The Hall–Kier alpha value is -5.82. The Morgan fingerprint density at radius 3 is 1.70 bits per heavy atom. The van der Waals surface area contributed by atoms with Crippen LogP contribution in [-0.4, -0.2) is 185 Å². The molecule has 6 N–H and O–H groups in total. The van der Waals surface area contributed by atoms with E-state index < -0.39 is 110 Å². The van der Waals surface area contributed by atoms with Gasteiger partial charge in [0.25, 0.3) is 0 Å². The van der Waals surface area contributed by atoms with Crippen LogP contribution < -0.4 is 17.2 Å². The van der Waals surface area contributed by atoms with E-state index in [4.69, 9.17) is 44.6 Å². The molecule has 2 fully saturated rings. The van der Waals surface area contributed by atoms with Crippen LogP contribution in [0.25, 0.3) is 0 Å².